The minimum Gasteiger partial charge on any atom is -0.422 e. The van der Waals surface area contributed by atoms with Crippen molar-refractivity contribution in [1.82, 2.24) is 29.1 Å². The summed E-state index contributed by atoms with van der Waals surface area (Å²) in [5.41, 5.74) is 7.84. The number of cyclic esters (lactones) is 4. The molecule has 2 saturated heterocycles. The molecule has 0 radical (unpaired) electrons. The van der Waals surface area contributed by atoms with E-state index < -0.39 is 47.3 Å². The number of esters is 4. The number of benzene rings is 2. The second kappa shape index (κ2) is 22.1. The molecule has 2 aliphatic rings. The highest BCUT2D eigenvalue weighted by atomic mass is 16.8. The third-order valence-electron chi connectivity index (χ3n) is 10.7. The molecule has 0 amide bonds. The van der Waals surface area contributed by atoms with Gasteiger partial charge in [-0.15, -0.1) is 0 Å². The van der Waals surface area contributed by atoms with Crippen molar-refractivity contribution in [1.29, 1.82) is 0 Å². The maximum Gasteiger partial charge on any atom is 0.323 e. The predicted octanol–water partition coefficient (Wildman–Crippen LogP) is 7.29. The summed E-state index contributed by atoms with van der Waals surface area (Å²) in [5.74, 6) is -4.84. The number of aromatic nitrogens is 8. The van der Waals surface area contributed by atoms with Crippen LogP contribution in [0.15, 0.2) is 73.3 Å². The molecular formula is C50H66N8O8+2. The van der Waals surface area contributed by atoms with Gasteiger partial charge in [-0.05, 0) is 50.7 Å². The molecule has 2 fully saturated rings. The third kappa shape index (κ3) is 12.4. The molecule has 8 rings (SSSR count). The van der Waals surface area contributed by atoms with Crippen LogP contribution in [0.5, 0.6) is 0 Å². The number of nitrogens with zero attached hydrogens (tertiary/aromatic N) is 8. The summed E-state index contributed by atoms with van der Waals surface area (Å²) < 4.78 is 29.3. The van der Waals surface area contributed by atoms with E-state index in [4.69, 9.17) is 18.9 Å². The van der Waals surface area contributed by atoms with Gasteiger partial charge < -0.3 is 18.9 Å². The van der Waals surface area contributed by atoms with Gasteiger partial charge in [0.05, 0.1) is 37.6 Å². The minimum absolute atomic E-state index is 0.356. The Labute approximate surface area is 387 Å². The lowest BCUT2D eigenvalue weighted by molar-refractivity contribution is -0.674. The molecule has 0 atom stereocenters. The zero-order valence-electron chi connectivity index (χ0n) is 40.6. The summed E-state index contributed by atoms with van der Waals surface area (Å²) in [7, 11) is 0. The third-order valence-corrected chi connectivity index (χ3v) is 10.7. The largest absolute Gasteiger partial charge is 0.422 e. The van der Waals surface area contributed by atoms with E-state index >= 15 is 0 Å². The predicted molar refractivity (Wildman–Crippen MR) is 246 cm³/mol. The summed E-state index contributed by atoms with van der Waals surface area (Å²) in [4.78, 5) is 67.3. The van der Waals surface area contributed by atoms with Crippen molar-refractivity contribution >= 4 is 46.2 Å². The minimum atomic E-state index is -1.20. The normalized spacial score (nSPS) is 15.6. The number of carbonyl (C=O) groups is 4. The van der Waals surface area contributed by atoms with E-state index in [0.29, 0.717) is 63.5 Å². The van der Waals surface area contributed by atoms with Gasteiger partial charge in [-0.1, -0.05) is 98.3 Å². The second-order valence-corrected chi connectivity index (χ2v) is 16.8. The number of ether oxygens (including phenoxy) is 4. The lowest BCUT2D eigenvalue weighted by Gasteiger charge is -2.32. The van der Waals surface area contributed by atoms with E-state index in [2.05, 4.69) is 62.5 Å². The van der Waals surface area contributed by atoms with Gasteiger partial charge in [0.2, 0.25) is 11.6 Å². The van der Waals surface area contributed by atoms with Crippen LogP contribution in [0.4, 0.5) is 0 Å². The molecule has 16 nitrogen and oxygen atoms in total. The summed E-state index contributed by atoms with van der Waals surface area (Å²) in [6, 6.07) is 20.4. The maximum absolute atomic E-state index is 12.2. The number of aryl methyl sites for hydroxylation is 6. The molecule has 0 N–H and O–H groups in total. The number of fused-ring (bicyclic) bond motifs is 2. The monoisotopic (exact) mass is 906 g/mol. The molecule has 0 spiro atoms. The molecule has 0 bridgehead atoms. The van der Waals surface area contributed by atoms with Crippen molar-refractivity contribution in [3.8, 4) is 0 Å². The second-order valence-electron chi connectivity index (χ2n) is 16.8. The molecule has 16 heteroatoms. The molecule has 2 aromatic carbocycles. The number of carbonyl (C=O) groups excluding carboxylic acids is 4. The van der Waals surface area contributed by atoms with Gasteiger partial charge in [0, 0.05) is 41.5 Å². The lowest BCUT2D eigenvalue weighted by Crippen LogP contribution is -2.46. The SMILES string of the molecule is CC.CC.Cc1nc(C)c2c(n1)[n+](CCCC1C(=O)OC(C)(C)OC1=O)cn2Cc1ccccc1.Cc1nc(C)c2c(n1)[n+](CCCC1C(=O)OC(C)(C)OC1=O)cn2Cc1ccccc1. The van der Waals surface area contributed by atoms with Gasteiger partial charge in [0.1, 0.15) is 0 Å². The maximum atomic E-state index is 12.2. The van der Waals surface area contributed by atoms with Gasteiger partial charge in [-0.25, -0.2) is 19.1 Å². The van der Waals surface area contributed by atoms with Crippen LogP contribution in [-0.2, 0) is 64.3 Å². The van der Waals surface area contributed by atoms with Crippen LogP contribution in [0.1, 0.15) is 115 Å². The van der Waals surface area contributed by atoms with Gasteiger partial charge in [0.25, 0.3) is 11.6 Å². The van der Waals surface area contributed by atoms with Gasteiger partial charge in [-0.3, -0.25) is 28.3 Å². The number of rotatable bonds is 12. The molecule has 352 valence electrons. The van der Waals surface area contributed by atoms with E-state index in [1.807, 2.05) is 104 Å². The molecule has 0 saturated carbocycles. The van der Waals surface area contributed by atoms with Crippen LogP contribution in [0.2, 0.25) is 0 Å². The van der Waals surface area contributed by atoms with Crippen molar-refractivity contribution in [3.63, 3.8) is 0 Å². The fraction of sp³-hybridized carbons (Fsp3) is 0.480. The van der Waals surface area contributed by atoms with Crippen molar-refractivity contribution in [3.05, 3.63) is 107 Å². The molecule has 0 aliphatic carbocycles. The first kappa shape index (κ1) is 50.4. The molecule has 0 unspecified atom stereocenters. The van der Waals surface area contributed by atoms with Crippen molar-refractivity contribution < 1.29 is 47.3 Å². The Bertz CT molecular complexity index is 2420. The molecule has 4 aromatic heterocycles. The van der Waals surface area contributed by atoms with Crippen LogP contribution in [0, 0.1) is 39.5 Å². The molecular weight excluding hydrogens is 841 g/mol. The van der Waals surface area contributed by atoms with Gasteiger partial charge in [-0.2, -0.15) is 0 Å². The highest BCUT2D eigenvalue weighted by molar-refractivity contribution is 5.97. The Morgan fingerprint density at radius 3 is 1.15 bits per heavy atom. The summed E-state index contributed by atoms with van der Waals surface area (Å²) in [5, 5.41) is 0. The van der Waals surface area contributed by atoms with Crippen molar-refractivity contribution in [2.24, 2.45) is 11.8 Å². The summed E-state index contributed by atoms with van der Waals surface area (Å²) in [6.07, 6.45) is 5.97. The van der Waals surface area contributed by atoms with E-state index in [-0.39, 0.29) is 0 Å². The van der Waals surface area contributed by atoms with Crippen molar-refractivity contribution in [2.75, 3.05) is 0 Å². The quantitative estimate of drug-likeness (QED) is 0.0683. The average Bonchev–Trinajstić information content (AvgIpc) is 3.78. The van der Waals surface area contributed by atoms with E-state index in [1.165, 1.54) is 11.1 Å². The summed E-state index contributed by atoms with van der Waals surface area (Å²) in [6.45, 7) is 24.6. The average molecular weight is 907 g/mol. The molecule has 6 aromatic rings. The highest BCUT2D eigenvalue weighted by Crippen LogP contribution is 2.27. The van der Waals surface area contributed by atoms with Gasteiger partial charge in [0.15, 0.2) is 35.5 Å². The molecule has 6 heterocycles. The van der Waals surface area contributed by atoms with Crippen LogP contribution >= 0.6 is 0 Å². The van der Waals surface area contributed by atoms with Crippen LogP contribution < -0.4 is 9.13 Å². The number of hydrogen-bond acceptors (Lipinski definition) is 12. The Morgan fingerprint density at radius 1 is 0.515 bits per heavy atom. The number of hydrogen-bond donors (Lipinski definition) is 0. The van der Waals surface area contributed by atoms with Crippen molar-refractivity contribution in [2.45, 2.75) is 147 Å². The zero-order valence-corrected chi connectivity index (χ0v) is 40.6. The topological polar surface area (TPSA) is 174 Å². The van der Waals surface area contributed by atoms with Crippen LogP contribution in [0.25, 0.3) is 22.3 Å². The molecule has 66 heavy (non-hydrogen) atoms. The first-order chi connectivity index (χ1) is 31.5. The number of imidazole rings is 2. The highest BCUT2D eigenvalue weighted by Gasteiger charge is 2.44. The Morgan fingerprint density at radius 2 is 0.833 bits per heavy atom. The Balaban J connectivity index is 0.000000230. The van der Waals surface area contributed by atoms with E-state index in [9.17, 15) is 19.2 Å². The van der Waals surface area contributed by atoms with E-state index in [0.717, 1.165) is 33.7 Å². The first-order valence-corrected chi connectivity index (χ1v) is 22.9. The molecule has 2 aliphatic heterocycles. The zero-order chi connectivity index (χ0) is 48.3. The smallest absolute Gasteiger partial charge is 0.323 e. The summed E-state index contributed by atoms with van der Waals surface area (Å²) >= 11 is 0. The van der Waals surface area contributed by atoms with Crippen LogP contribution in [0.3, 0.4) is 0 Å². The van der Waals surface area contributed by atoms with Crippen LogP contribution in [-0.4, -0.2) is 64.5 Å². The fourth-order valence-corrected chi connectivity index (χ4v) is 8.03. The fourth-order valence-electron chi connectivity index (χ4n) is 8.03. The Kier molecular flexibility index (Phi) is 16.9. The van der Waals surface area contributed by atoms with Gasteiger partial charge >= 0.3 is 35.2 Å². The first-order valence-electron chi connectivity index (χ1n) is 22.9. The lowest BCUT2D eigenvalue weighted by atomic mass is 10.0. The van der Waals surface area contributed by atoms with E-state index in [1.54, 1.807) is 27.7 Å². The Hall–Kier alpha value is -6.58. The standard InChI is InChI=1S/2C23H27N4O4.2C2H6/c2*1-15-19-20(25-16(2)24-15)26(14-27(19)13-17-9-6-5-7-10-17)12-8-11-18-21(28)30-23(3,4)31-22(18)29;2*1-2/h2*5-7,9-10,14,18H,8,11-13H2,1-4H3;2*1-2H3/q2*+1;;.